The van der Waals surface area contributed by atoms with Gasteiger partial charge in [0.15, 0.2) is 0 Å². The van der Waals surface area contributed by atoms with E-state index in [1.165, 1.54) is 0 Å². The van der Waals surface area contributed by atoms with Gasteiger partial charge in [-0.15, -0.1) is 0 Å². The summed E-state index contributed by atoms with van der Waals surface area (Å²) in [5.41, 5.74) is 1.63. The maximum Gasteiger partial charge on any atom is 0.257 e. The van der Waals surface area contributed by atoms with Crippen molar-refractivity contribution in [3.8, 4) is 5.75 Å². The van der Waals surface area contributed by atoms with E-state index in [9.17, 15) is 9.59 Å². The summed E-state index contributed by atoms with van der Waals surface area (Å²) in [5.74, 6) is 0.466. The van der Waals surface area contributed by atoms with Crippen molar-refractivity contribution in [1.29, 1.82) is 0 Å². The molecule has 0 unspecified atom stereocenters. The van der Waals surface area contributed by atoms with Crippen LogP contribution in [0.1, 0.15) is 35.7 Å². The molecule has 2 aromatic carbocycles. The third-order valence-corrected chi connectivity index (χ3v) is 6.60. The van der Waals surface area contributed by atoms with Gasteiger partial charge in [0, 0.05) is 63.2 Å². The fourth-order valence-electron chi connectivity index (χ4n) is 4.42. The largest absolute Gasteiger partial charge is 0.490 e. The number of ether oxygens (including phenoxy) is 1. The summed E-state index contributed by atoms with van der Waals surface area (Å²) in [6, 6.07) is 17.2. The number of piperidine rings is 1. The van der Waals surface area contributed by atoms with E-state index >= 15 is 0 Å². The van der Waals surface area contributed by atoms with Gasteiger partial charge in [-0.05, 0) is 30.7 Å². The number of rotatable bonds is 8. The first kappa shape index (κ1) is 24.8. The number of halogens is 1. The molecule has 0 saturated carbocycles. The standard InChI is InChI=1S/C27H31ClN4O3/c1-3-32-19-22(16-29-32)27(34)31-13-12-25(35-24-11-7-10-23(28)15-24)21(18-31)14-26(33)30(2)17-20-8-5-4-6-9-20/h4-11,15-16,19,21,25H,3,12-14,17-18H2,1-2H3/t21-,25-/m0/s1. The molecule has 2 atom stereocenters. The molecule has 1 aliphatic heterocycles. The minimum atomic E-state index is -0.204. The van der Waals surface area contributed by atoms with Gasteiger partial charge in [0.2, 0.25) is 5.91 Å². The number of hydrogen-bond donors (Lipinski definition) is 0. The predicted molar refractivity (Wildman–Crippen MR) is 135 cm³/mol. The molecule has 35 heavy (non-hydrogen) atoms. The van der Waals surface area contributed by atoms with Crippen LogP contribution in [0.2, 0.25) is 5.02 Å². The van der Waals surface area contributed by atoms with Crippen molar-refractivity contribution in [2.75, 3.05) is 20.1 Å². The number of carbonyl (C=O) groups excluding carboxylic acids is 2. The van der Waals surface area contributed by atoms with Gasteiger partial charge >= 0.3 is 0 Å². The summed E-state index contributed by atoms with van der Waals surface area (Å²) < 4.78 is 8.03. The van der Waals surface area contributed by atoms with Gasteiger partial charge in [-0.1, -0.05) is 48.0 Å². The van der Waals surface area contributed by atoms with Gasteiger partial charge in [-0.2, -0.15) is 5.10 Å². The normalized spacial score (nSPS) is 17.7. The zero-order valence-electron chi connectivity index (χ0n) is 20.1. The van der Waals surface area contributed by atoms with Crippen LogP contribution in [0.5, 0.6) is 5.75 Å². The second kappa shape index (κ2) is 11.4. The summed E-state index contributed by atoms with van der Waals surface area (Å²) in [5, 5.41) is 4.83. The fraction of sp³-hybridized carbons (Fsp3) is 0.370. The monoisotopic (exact) mass is 494 g/mol. The lowest BCUT2D eigenvalue weighted by atomic mass is 9.90. The van der Waals surface area contributed by atoms with E-state index in [0.717, 1.165) is 5.56 Å². The number of benzene rings is 2. The molecule has 7 nitrogen and oxygen atoms in total. The SMILES string of the molecule is CCn1cc(C(=O)N2CC[C@H](Oc3cccc(Cl)c3)[C@@H](CC(=O)N(C)Cc3ccccc3)C2)cn1. The number of nitrogens with zero attached hydrogens (tertiary/aromatic N) is 4. The van der Waals surface area contributed by atoms with Gasteiger partial charge < -0.3 is 14.5 Å². The first-order valence-electron chi connectivity index (χ1n) is 11.9. The van der Waals surface area contributed by atoms with Gasteiger partial charge in [0.05, 0.1) is 11.8 Å². The summed E-state index contributed by atoms with van der Waals surface area (Å²) in [6.07, 6.45) is 4.08. The van der Waals surface area contributed by atoms with E-state index in [2.05, 4.69) is 5.10 Å². The number of aromatic nitrogens is 2. The van der Waals surface area contributed by atoms with E-state index < -0.39 is 0 Å². The molecule has 0 bridgehead atoms. The minimum Gasteiger partial charge on any atom is -0.490 e. The third kappa shape index (κ3) is 6.42. The zero-order valence-corrected chi connectivity index (χ0v) is 20.9. The lowest BCUT2D eigenvalue weighted by Gasteiger charge is -2.38. The number of amides is 2. The first-order chi connectivity index (χ1) is 16.9. The molecule has 1 fully saturated rings. The maximum atomic E-state index is 13.2. The van der Waals surface area contributed by atoms with Crippen molar-refractivity contribution < 1.29 is 14.3 Å². The molecular formula is C27H31ClN4O3. The van der Waals surface area contributed by atoms with Crippen molar-refractivity contribution in [3.05, 3.63) is 83.1 Å². The summed E-state index contributed by atoms with van der Waals surface area (Å²) in [7, 11) is 1.81. The fourth-order valence-corrected chi connectivity index (χ4v) is 4.60. The van der Waals surface area contributed by atoms with Crippen molar-refractivity contribution in [3.63, 3.8) is 0 Å². The van der Waals surface area contributed by atoms with E-state index in [0.29, 0.717) is 48.9 Å². The van der Waals surface area contributed by atoms with Crippen LogP contribution in [0.3, 0.4) is 0 Å². The second-order valence-corrected chi connectivity index (χ2v) is 9.37. The van der Waals surface area contributed by atoms with Crippen LogP contribution in [0.4, 0.5) is 0 Å². The Bertz CT molecular complexity index is 1150. The first-order valence-corrected chi connectivity index (χ1v) is 12.3. The van der Waals surface area contributed by atoms with Crippen LogP contribution < -0.4 is 4.74 Å². The average molecular weight is 495 g/mol. The quantitative estimate of drug-likeness (QED) is 0.462. The molecule has 1 saturated heterocycles. The highest BCUT2D eigenvalue weighted by Crippen LogP contribution is 2.28. The molecule has 0 radical (unpaired) electrons. The van der Waals surface area contributed by atoms with Gasteiger partial charge in [-0.3, -0.25) is 14.3 Å². The molecule has 1 aliphatic rings. The highest BCUT2D eigenvalue weighted by molar-refractivity contribution is 6.30. The zero-order chi connectivity index (χ0) is 24.8. The molecule has 0 spiro atoms. The third-order valence-electron chi connectivity index (χ3n) is 6.36. The second-order valence-electron chi connectivity index (χ2n) is 8.94. The van der Waals surface area contributed by atoms with Crippen LogP contribution in [0, 0.1) is 5.92 Å². The van der Waals surface area contributed by atoms with Crippen molar-refractivity contribution in [2.45, 2.75) is 39.0 Å². The van der Waals surface area contributed by atoms with E-state index in [1.807, 2.05) is 61.3 Å². The molecule has 2 heterocycles. The van der Waals surface area contributed by atoms with Crippen molar-refractivity contribution >= 4 is 23.4 Å². The van der Waals surface area contributed by atoms with Crippen LogP contribution in [0.25, 0.3) is 0 Å². The highest BCUT2D eigenvalue weighted by atomic mass is 35.5. The number of likely N-dealkylation sites (tertiary alicyclic amines) is 1. The topological polar surface area (TPSA) is 67.7 Å². The Morgan fingerprint density at radius 1 is 1.17 bits per heavy atom. The van der Waals surface area contributed by atoms with E-state index in [1.54, 1.807) is 34.1 Å². The number of hydrogen-bond acceptors (Lipinski definition) is 4. The molecule has 0 N–H and O–H groups in total. The van der Waals surface area contributed by atoms with Crippen LogP contribution in [0.15, 0.2) is 67.0 Å². The van der Waals surface area contributed by atoms with Gasteiger partial charge in [0.1, 0.15) is 11.9 Å². The lowest BCUT2D eigenvalue weighted by molar-refractivity contribution is -0.132. The molecule has 8 heteroatoms. The molecular weight excluding hydrogens is 464 g/mol. The van der Waals surface area contributed by atoms with Crippen LogP contribution in [-0.4, -0.2) is 57.6 Å². The predicted octanol–water partition coefficient (Wildman–Crippen LogP) is 4.51. The Balaban J connectivity index is 1.48. The molecule has 0 aliphatic carbocycles. The van der Waals surface area contributed by atoms with E-state index in [4.69, 9.17) is 16.3 Å². The molecule has 3 aromatic rings. The Kier molecular flexibility index (Phi) is 8.08. The van der Waals surface area contributed by atoms with E-state index in [-0.39, 0.29) is 30.3 Å². The molecule has 1 aromatic heterocycles. The number of carbonyl (C=O) groups is 2. The molecule has 2 amide bonds. The Hall–Kier alpha value is -3.32. The van der Waals surface area contributed by atoms with Gasteiger partial charge in [0.25, 0.3) is 5.91 Å². The summed E-state index contributed by atoms with van der Waals surface area (Å²) >= 11 is 6.15. The smallest absolute Gasteiger partial charge is 0.257 e. The molecule has 184 valence electrons. The maximum absolute atomic E-state index is 13.2. The number of aryl methyl sites for hydroxylation is 1. The summed E-state index contributed by atoms with van der Waals surface area (Å²) in [6.45, 7) is 4.20. The molecule has 4 rings (SSSR count). The summed E-state index contributed by atoms with van der Waals surface area (Å²) in [4.78, 5) is 29.9. The van der Waals surface area contributed by atoms with Crippen LogP contribution in [-0.2, 0) is 17.9 Å². The Labute approximate surface area is 211 Å². The van der Waals surface area contributed by atoms with Crippen LogP contribution >= 0.6 is 11.6 Å². The minimum absolute atomic E-state index is 0.0200. The average Bonchev–Trinajstić information content (AvgIpc) is 3.35. The van der Waals surface area contributed by atoms with Gasteiger partial charge in [-0.25, -0.2) is 0 Å². The Morgan fingerprint density at radius 2 is 1.97 bits per heavy atom. The lowest BCUT2D eigenvalue weighted by Crippen LogP contribution is -2.49. The highest BCUT2D eigenvalue weighted by Gasteiger charge is 2.35. The van der Waals surface area contributed by atoms with Crippen molar-refractivity contribution in [1.82, 2.24) is 19.6 Å². The Morgan fingerprint density at radius 3 is 2.69 bits per heavy atom. The van der Waals surface area contributed by atoms with Crippen molar-refractivity contribution in [2.24, 2.45) is 5.92 Å².